The van der Waals surface area contributed by atoms with E-state index in [2.05, 4.69) is 0 Å². The van der Waals surface area contributed by atoms with Crippen molar-refractivity contribution in [2.24, 2.45) is 23.2 Å². The first kappa shape index (κ1) is 28.5. The Morgan fingerprint density at radius 3 is 1.71 bits per heavy atom. The second kappa shape index (κ2) is 10.6. The Morgan fingerprint density at radius 2 is 1.24 bits per heavy atom. The zero-order valence-electron chi connectivity index (χ0n) is 23.4. The number of hydrogen-bond acceptors (Lipinski definition) is 4. The summed E-state index contributed by atoms with van der Waals surface area (Å²) in [5.74, 6) is 1.76. The first-order valence-corrected chi connectivity index (χ1v) is 16.1. The van der Waals surface area contributed by atoms with Crippen molar-refractivity contribution in [1.82, 2.24) is 0 Å². The predicted octanol–water partition coefficient (Wildman–Crippen LogP) is 6.89. The molecule has 0 heterocycles. The summed E-state index contributed by atoms with van der Waals surface area (Å²) in [7, 11) is -5.32. The Bertz CT molecular complexity index is 1380. The molecular formula is C34H38F2O4S. The molecule has 3 aromatic carbocycles. The van der Waals surface area contributed by atoms with E-state index < -0.39 is 32.5 Å². The summed E-state index contributed by atoms with van der Waals surface area (Å²) in [5.41, 5.74) is 1.26. The Morgan fingerprint density at radius 1 is 0.805 bits per heavy atom. The van der Waals surface area contributed by atoms with Gasteiger partial charge in [-0.25, -0.2) is 8.42 Å². The maximum atomic E-state index is 16.3. The minimum Gasteiger partial charge on any atom is -0.390 e. The topological polar surface area (TPSA) is 63.6 Å². The van der Waals surface area contributed by atoms with Crippen LogP contribution in [-0.2, 0) is 19.3 Å². The van der Waals surface area contributed by atoms with E-state index in [4.69, 9.17) is 4.74 Å². The molecule has 218 valence electrons. The lowest BCUT2D eigenvalue weighted by molar-refractivity contribution is -0.146. The van der Waals surface area contributed by atoms with Gasteiger partial charge in [-0.2, -0.15) is 8.78 Å². The van der Waals surface area contributed by atoms with E-state index in [1.165, 1.54) is 19.3 Å². The summed E-state index contributed by atoms with van der Waals surface area (Å²) < 4.78 is 64.7. The van der Waals surface area contributed by atoms with Gasteiger partial charge in [0.05, 0.1) is 12.7 Å². The molecular weight excluding hydrogens is 542 g/mol. The van der Waals surface area contributed by atoms with Crippen molar-refractivity contribution < 1.29 is 27.0 Å². The highest BCUT2D eigenvalue weighted by Gasteiger charge is 2.61. The molecule has 1 N–H and O–H groups in total. The number of benzene rings is 3. The minimum atomic E-state index is -5.32. The fraction of sp³-hybridized carbons (Fsp3) is 0.471. The molecule has 1 atom stereocenters. The van der Waals surface area contributed by atoms with Crippen LogP contribution >= 0.6 is 0 Å². The summed E-state index contributed by atoms with van der Waals surface area (Å²) >= 11 is 0. The highest BCUT2D eigenvalue weighted by molar-refractivity contribution is 7.93. The smallest absolute Gasteiger partial charge is 0.369 e. The third-order valence-corrected chi connectivity index (χ3v) is 12.4. The van der Waals surface area contributed by atoms with Crippen LogP contribution in [0.5, 0.6) is 0 Å². The molecule has 7 heteroatoms. The normalized spacial score (nSPS) is 26.7. The fourth-order valence-electron chi connectivity index (χ4n) is 8.45. The number of halogens is 2. The standard InChI is InChI=1S/C34H38F2O4S/c1-24-12-14-30(15-13-24)34(28-8-4-2-5-9-28,29-10-6-3-7-11-29)41(38,39)33(35,36)23-40-22-31(37)32-19-25-16-26(20-32)18-27(17-25)21-32/h2-15,25-27,31,37H,16-23H2,1H3. The molecule has 4 aliphatic rings. The van der Waals surface area contributed by atoms with Gasteiger partial charge in [0.1, 0.15) is 6.61 Å². The molecule has 4 aliphatic carbocycles. The molecule has 1 unspecified atom stereocenters. The van der Waals surface area contributed by atoms with Crippen LogP contribution in [0.3, 0.4) is 0 Å². The van der Waals surface area contributed by atoms with Gasteiger partial charge in [0.25, 0.3) is 0 Å². The van der Waals surface area contributed by atoms with E-state index in [0.29, 0.717) is 17.8 Å². The Balaban J connectivity index is 1.34. The molecule has 0 saturated heterocycles. The zero-order chi connectivity index (χ0) is 28.9. The average molecular weight is 581 g/mol. The zero-order valence-corrected chi connectivity index (χ0v) is 24.2. The SMILES string of the molecule is Cc1ccc(C(c2ccccc2)(c2ccccc2)S(=O)(=O)C(F)(F)COCC(O)C23CC4CC(CC(C4)C2)C3)cc1. The van der Waals surface area contributed by atoms with Gasteiger partial charge in [0, 0.05) is 0 Å². The predicted molar refractivity (Wildman–Crippen MR) is 155 cm³/mol. The lowest BCUT2D eigenvalue weighted by Crippen LogP contribution is -2.53. The summed E-state index contributed by atoms with van der Waals surface area (Å²) in [6, 6.07) is 23.1. The maximum absolute atomic E-state index is 16.3. The van der Waals surface area contributed by atoms with Gasteiger partial charge in [-0.15, -0.1) is 0 Å². The largest absolute Gasteiger partial charge is 0.390 e. The number of rotatable bonds is 10. The Labute approximate surface area is 241 Å². The van der Waals surface area contributed by atoms with Crippen molar-refractivity contribution in [3.63, 3.8) is 0 Å². The molecule has 0 aromatic heterocycles. The summed E-state index contributed by atoms with van der Waals surface area (Å²) in [6.07, 6.45) is 5.40. The number of alkyl halides is 2. The number of sulfone groups is 1. The Hall–Kier alpha value is -2.61. The van der Waals surface area contributed by atoms with E-state index >= 15 is 8.78 Å². The molecule has 4 fully saturated rings. The molecule has 3 aromatic rings. The van der Waals surface area contributed by atoms with Gasteiger partial charge in [0.15, 0.2) is 4.75 Å². The van der Waals surface area contributed by atoms with Gasteiger partial charge in [-0.3, -0.25) is 0 Å². The van der Waals surface area contributed by atoms with Crippen LogP contribution in [0.1, 0.15) is 60.8 Å². The van der Waals surface area contributed by atoms with Crippen LogP contribution in [0.15, 0.2) is 84.9 Å². The van der Waals surface area contributed by atoms with E-state index in [1.54, 1.807) is 84.9 Å². The number of aryl methyl sites for hydroxylation is 1. The molecule has 0 spiro atoms. The van der Waals surface area contributed by atoms with E-state index in [0.717, 1.165) is 24.8 Å². The minimum absolute atomic E-state index is 0.225. The van der Waals surface area contributed by atoms with E-state index in [1.807, 2.05) is 6.92 Å². The fourth-order valence-corrected chi connectivity index (χ4v) is 10.5. The van der Waals surface area contributed by atoms with E-state index in [9.17, 15) is 13.5 Å². The average Bonchev–Trinajstić information content (AvgIpc) is 2.94. The first-order chi connectivity index (χ1) is 19.6. The molecule has 0 amide bonds. The van der Waals surface area contributed by atoms with Crippen LogP contribution in [0.2, 0.25) is 0 Å². The molecule has 4 bridgehead atoms. The lowest BCUT2D eigenvalue weighted by Gasteiger charge is -2.58. The van der Waals surface area contributed by atoms with Gasteiger partial charge in [0.2, 0.25) is 9.84 Å². The van der Waals surface area contributed by atoms with Gasteiger partial charge in [-0.05, 0) is 85.3 Å². The molecule has 4 nitrogen and oxygen atoms in total. The van der Waals surface area contributed by atoms with Crippen molar-refractivity contribution in [1.29, 1.82) is 0 Å². The molecule has 0 radical (unpaired) electrons. The van der Waals surface area contributed by atoms with Crippen LogP contribution < -0.4 is 0 Å². The quantitative estimate of drug-likeness (QED) is 0.265. The maximum Gasteiger partial charge on any atom is 0.369 e. The highest BCUT2D eigenvalue weighted by Crippen LogP contribution is 2.61. The number of hydrogen-bond donors (Lipinski definition) is 1. The molecule has 41 heavy (non-hydrogen) atoms. The van der Waals surface area contributed by atoms with Gasteiger partial charge >= 0.3 is 5.25 Å². The van der Waals surface area contributed by atoms with E-state index in [-0.39, 0.29) is 28.7 Å². The first-order valence-electron chi connectivity index (χ1n) is 14.6. The number of ether oxygens (including phenoxy) is 1. The van der Waals surface area contributed by atoms with Crippen LogP contribution in [-0.4, -0.2) is 38.1 Å². The lowest BCUT2D eigenvalue weighted by atomic mass is 9.48. The highest BCUT2D eigenvalue weighted by atomic mass is 32.2. The number of aliphatic hydroxyl groups is 1. The van der Waals surface area contributed by atoms with Crippen LogP contribution in [0, 0.1) is 30.1 Å². The van der Waals surface area contributed by atoms with Crippen LogP contribution in [0.25, 0.3) is 0 Å². The van der Waals surface area contributed by atoms with Gasteiger partial charge in [-0.1, -0.05) is 90.5 Å². The molecule has 7 rings (SSSR count). The second-order valence-electron chi connectivity index (χ2n) is 12.7. The van der Waals surface area contributed by atoms with Crippen molar-refractivity contribution >= 4 is 9.84 Å². The van der Waals surface area contributed by atoms with Crippen molar-refractivity contribution in [3.05, 3.63) is 107 Å². The third-order valence-electron chi connectivity index (χ3n) is 9.95. The number of aliphatic hydroxyl groups excluding tert-OH is 1. The Kier molecular flexibility index (Phi) is 7.36. The van der Waals surface area contributed by atoms with Crippen molar-refractivity contribution in [3.8, 4) is 0 Å². The van der Waals surface area contributed by atoms with Crippen molar-refractivity contribution in [2.45, 2.75) is 61.6 Å². The summed E-state index contributed by atoms with van der Waals surface area (Å²) in [6.45, 7) is 0.236. The monoisotopic (exact) mass is 580 g/mol. The molecule has 4 saturated carbocycles. The van der Waals surface area contributed by atoms with Crippen molar-refractivity contribution in [2.75, 3.05) is 13.2 Å². The summed E-state index contributed by atoms with van der Waals surface area (Å²) in [5, 5.41) is 6.97. The third kappa shape index (κ3) is 4.74. The second-order valence-corrected chi connectivity index (χ2v) is 14.9. The van der Waals surface area contributed by atoms with Gasteiger partial charge < -0.3 is 9.84 Å². The molecule has 0 aliphatic heterocycles. The summed E-state index contributed by atoms with van der Waals surface area (Å²) in [4.78, 5) is 0. The van der Waals surface area contributed by atoms with Crippen LogP contribution in [0.4, 0.5) is 8.78 Å².